The monoisotopic (exact) mass is 133 g/mol. The van der Waals surface area contributed by atoms with Gasteiger partial charge in [0.05, 0.1) is 0 Å². The summed E-state index contributed by atoms with van der Waals surface area (Å²) in [4.78, 5) is 0. The van der Waals surface area contributed by atoms with Gasteiger partial charge in [0.15, 0.2) is 0 Å². The Morgan fingerprint density at radius 2 is 1.25 bits per heavy atom. The Balaban J connectivity index is -0.00000000500. The molecule has 0 N–H and O–H groups in total. The molecular weight excluding hydrogens is 125 g/mol. The van der Waals surface area contributed by atoms with E-state index in [1.807, 2.05) is 0 Å². The molecule has 0 rings (SSSR count). The molecule has 1 heteroatoms. The average Bonchev–Trinajstić information content (AvgIpc) is 1.00. The van der Waals surface area contributed by atoms with Crippen molar-refractivity contribution in [2.24, 2.45) is 0 Å². The van der Waals surface area contributed by atoms with Crippen LogP contribution in [0.1, 0.15) is 6.92 Å². The molecule has 0 aromatic rings. The molecule has 4 heavy (non-hydrogen) atoms. The van der Waals surface area contributed by atoms with E-state index in [1.165, 1.54) is 0 Å². The minimum absolute atomic E-state index is 0. The fourth-order valence-electron chi connectivity index (χ4n) is 0. The summed E-state index contributed by atoms with van der Waals surface area (Å²) in [6, 6.07) is 0. The van der Waals surface area contributed by atoms with E-state index in [2.05, 4.69) is 6.92 Å². The summed E-state index contributed by atoms with van der Waals surface area (Å²) in [6.45, 7) is 5.00. The summed E-state index contributed by atoms with van der Waals surface area (Å²) in [7, 11) is 0. The Morgan fingerprint density at radius 1 is 1.25 bits per heavy atom. The van der Waals surface area contributed by atoms with Crippen LogP contribution >= 0.6 is 0 Å². The Kier molecular flexibility index (Phi) is 158. The molecule has 0 saturated carbocycles. The van der Waals surface area contributed by atoms with Gasteiger partial charge in [-0.25, -0.2) is 0 Å². The molecule has 0 aliphatic rings. The van der Waals surface area contributed by atoms with Crippen molar-refractivity contribution in [2.75, 3.05) is 0 Å². The maximum absolute atomic E-state index is 3.25. The van der Waals surface area contributed by atoms with Crippen LogP contribution in [0.15, 0.2) is 0 Å². The van der Waals surface area contributed by atoms with Crippen molar-refractivity contribution in [3.8, 4) is 0 Å². The van der Waals surface area contributed by atoms with Gasteiger partial charge in [0, 0.05) is 0 Å². The second-order valence-corrected chi connectivity index (χ2v) is 0. The largest absolute Gasteiger partial charge is 3.00 e. The SMILES string of the molecule is [CH2-]C.[CH3-].[Y+3]. The number of hydrogen-bond acceptors (Lipinski definition) is 0. The van der Waals surface area contributed by atoms with Crippen LogP contribution in [0.5, 0.6) is 0 Å². The molecule has 0 heterocycles. The normalized spacial score (nSPS) is 1.50. The van der Waals surface area contributed by atoms with E-state index < -0.39 is 0 Å². The van der Waals surface area contributed by atoms with E-state index in [0.717, 1.165) is 0 Å². The predicted molar refractivity (Wildman–Crippen MR) is 17.4 cm³/mol. The van der Waals surface area contributed by atoms with Crippen LogP contribution in [-0.4, -0.2) is 0 Å². The second kappa shape index (κ2) is 32.4. The van der Waals surface area contributed by atoms with Gasteiger partial charge in [-0.1, -0.05) is 0 Å². The van der Waals surface area contributed by atoms with Crippen LogP contribution in [0.2, 0.25) is 0 Å². The Bertz CT molecular complexity index is 3.25. The van der Waals surface area contributed by atoms with Crippen molar-refractivity contribution >= 4 is 0 Å². The molecule has 0 fully saturated rings. The molecule has 0 bridgehead atoms. The van der Waals surface area contributed by atoms with E-state index in [9.17, 15) is 0 Å². The quantitative estimate of drug-likeness (QED) is 0.436. The van der Waals surface area contributed by atoms with Crippen LogP contribution in [0.3, 0.4) is 0 Å². The minimum atomic E-state index is 0. The van der Waals surface area contributed by atoms with Crippen molar-refractivity contribution < 1.29 is 32.7 Å². The Hall–Kier alpha value is 1.10. The van der Waals surface area contributed by atoms with Crippen LogP contribution < -0.4 is 0 Å². The zero-order chi connectivity index (χ0) is 2.00. The van der Waals surface area contributed by atoms with Gasteiger partial charge in [-0.15, -0.1) is 0 Å². The molecule has 0 atom stereocenters. The summed E-state index contributed by atoms with van der Waals surface area (Å²) in [5.41, 5.74) is 0. The molecule has 0 nitrogen and oxygen atoms in total. The van der Waals surface area contributed by atoms with Gasteiger partial charge >= 0.3 is 32.7 Å². The third kappa shape index (κ3) is 11.3. The van der Waals surface area contributed by atoms with Gasteiger partial charge in [-0.05, 0) is 0 Å². The van der Waals surface area contributed by atoms with Crippen molar-refractivity contribution in [3.63, 3.8) is 0 Å². The zero-order valence-electron chi connectivity index (χ0n) is 3.28. The molecule has 0 radical (unpaired) electrons. The standard InChI is InChI=1S/C2H5.CH3.Y/c1-2;;/h1H2,2H3;1H3;/q2*-1;+3. The summed E-state index contributed by atoms with van der Waals surface area (Å²) in [6.07, 6.45) is 0. The fourth-order valence-corrected chi connectivity index (χ4v) is 0. The smallest absolute Gasteiger partial charge is 0.358 e. The summed E-state index contributed by atoms with van der Waals surface area (Å²) in [5, 5.41) is 0. The van der Waals surface area contributed by atoms with Crippen LogP contribution in [-0.2, 0) is 32.7 Å². The fraction of sp³-hybridized carbons (Fsp3) is 0.333. The molecule has 0 aliphatic heterocycles. The van der Waals surface area contributed by atoms with Gasteiger partial charge in [0.25, 0.3) is 0 Å². The molecule has 0 spiro atoms. The Labute approximate surface area is 53.9 Å². The third-order valence-electron chi connectivity index (χ3n) is 0. The van der Waals surface area contributed by atoms with E-state index in [1.54, 1.807) is 6.92 Å². The van der Waals surface area contributed by atoms with E-state index in [0.29, 0.717) is 0 Å². The molecule has 0 saturated heterocycles. The van der Waals surface area contributed by atoms with Gasteiger partial charge in [-0.2, -0.15) is 6.92 Å². The van der Waals surface area contributed by atoms with Crippen LogP contribution in [0, 0.1) is 14.4 Å². The van der Waals surface area contributed by atoms with Gasteiger partial charge in [0.2, 0.25) is 0 Å². The first-order valence-corrected chi connectivity index (χ1v) is 0.707. The summed E-state index contributed by atoms with van der Waals surface area (Å²) < 4.78 is 0. The van der Waals surface area contributed by atoms with Gasteiger partial charge in [0.1, 0.15) is 0 Å². The van der Waals surface area contributed by atoms with E-state index in [4.69, 9.17) is 0 Å². The summed E-state index contributed by atoms with van der Waals surface area (Å²) >= 11 is 0. The molecule has 0 aliphatic carbocycles. The molecule has 0 unspecified atom stereocenters. The third-order valence-corrected chi connectivity index (χ3v) is 0. The Morgan fingerprint density at radius 3 is 1.25 bits per heavy atom. The molecule has 0 amide bonds. The zero-order valence-corrected chi connectivity index (χ0v) is 6.12. The van der Waals surface area contributed by atoms with Crippen LogP contribution in [0.4, 0.5) is 0 Å². The minimum Gasteiger partial charge on any atom is -0.358 e. The van der Waals surface area contributed by atoms with Crippen LogP contribution in [0.25, 0.3) is 0 Å². The first kappa shape index (κ1) is 19.4. The van der Waals surface area contributed by atoms with E-state index >= 15 is 0 Å². The summed E-state index contributed by atoms with van der Waals surface area (Å²) in [5.74, 6) is 0. The second-order valence-electron chi connectivity index (χ2n) is 0. The maximum Gasteiger partial charge on any atom is 3.00 e. The van der Waals surface area contributed by atoms with Gasteiger partial charge < -0.3 is 14.4 Å². The average molecular weight is 133 g/mol. The predicted octanol–water partition coefficient (Wildman–Crippen LogP) is 1.29. The van der Waals surface area contributed by atoms with E-state index in [-0.39, 0.29) is 40.1 Å². The van der Waals surface area contributed by atoms with Crippen molar-refractivity contribution in [1.82, 2.24) is 0 Å². The molecule has 0 aromatic carbocycles. The molecule has 0 aromatic heterocycles. The first-order valence-electron chi connectivity index (χ1n) is 0.707. The van der Waals surface area contributed by atoms with Crippen molar-refractivity contribution in [3.05, 3.63) is 14.4 Å². The molecule has 22 valence electrons. The number of rotatable bonds is 0. The molecular formula is C3H8Y+. The topological polar surface area (TPSA) is 0 Å². The van der Waals surface area contributed by atoms with Crippen molar-refractivity contribution in [2.45, 2.75) is 6.92 Å². The maximum atomic E-state index is 3.25. The first-order chi connectivity index (χ1) is 1.00. The number of hydrogen-bond donors (Lipinski definition) is 0. The van der Waals surface area contributed by atoms with Gasteiger partial charge in [-0.3, -0.25) is 0 Å². The van der Waals surface area contributed by atoms with Crippen molar-refractivity contribution in [1.29, 1.82) is 0 Å².